The molecule has 0 saturated carbocycles. The smallest absolute Gasteiger partial charge is 0.352 e. The van der Waals surface area contributed by atoms with Crippen molar-refractivity contribution in [3.8, 4) is 0 Å². The molecule has 0 radical (unpaired) electrons. The summed E-state index contributed by atoms with van der Waals surface area (Å²) < 4.78 is 0. The molecule has 1 aromatic rings. The summed E-state index contributed by atoms with van der Waals surface area (Å²) in [4.78, 5) is 57.7. The third-order valence-corrected chi connectivity index (χ3v) is 7.00. The molecule has 15 heteroatoms. The zero-order valence-electron chi connectivity index (χ0n) is 16.2. The number of anilines is 1. The maximum absolute atomic E-state index is 12.8. The number of rotatable bonds is 10. The predicted molar refractivity (Wildman–Crippen MR) is 119 cm³/mol. The number of thioether (sulfide) groups is 2. The molecule has 170 valence electrons. The maximum Gasteiger partial charge on any atom is 0.352 e. The lowest BCUT2D eigenvalue weighted by Crippen LogP contribution is -2.71. The molecule has 0 bridgehead atoms. The molecule has 1 fully saturated rings. The molecule has 32 heavy (non-hydrogen) atoms. The number of nitrogens with zero attached hydrogens (tertiary/aromatic N) is 3. The van der Waals surface area contributed by atoms with Crippen LogP contribution in [-0.4, -0.2) is 79.1 Å². The fraction of sp³-hybridized carbons (Fsp3) is 0.294. The number of carbonyl (C=O) groups is 4. The van der Waals surface area contributed by atoms with Crippen molar-refractivity contribution in [1.29, 1.82) is 0 Å². The molecule has 1 aromatic heterocycles. The highest BCUT2D eigenvalue weighted by Gasteiger charge is 2.54. The first-order valence-electron chi connectivity index (χ1n) is 8.81. The van der Waals surface area contributed by atoms with E-state index < -0.39 is 41.8 Å². The minimum Gasteiger partial charge on any atom is -0.479 e. The Morgan fingerprint density at radius 2 is 2.22 bits per heavy atom. The van der Waals surface area contributed by atoms with E-state index in [9.17, 15) is 24.3 Å². The Kier molecular flexibility index (Phi) is 7.42. The van der Waals surface area contributed by atoms with E-state index in [4.69, 9.17) is 10.8 Å². The van der Waals surface area contributed by atoms with Gasteiger partial charge in [-0.2, -0.15) is 0 Å². The van der Waals surface area contributed by atoms with Crippen LogP contribution in [0.15, 0.2) is 33.8 Å². The van der Waals surface area contributed by atoms with Crippen LogP contribution in [0.1, 0.15) is 5.69 Å². The molecule has 0 aliphatic carbocycles. The third kappa shape index (κ3) is 4.89. The molecule has 5 N–H and O–H groups in total. The van der Waals surface area contributed by atoms with Crippen LogP contribution < -0.4 is 11.1 Å². The number of amides is 2. The normalized spacial score (nSPS) is 20.3. The van der Waals surface area contributed by atoms with E-state index in [1.807, 2.05) is 0 Å². The molecular formula is C17H17N5O7S3. The number of thiazole rings is 1. The van der Waals surface area contributed by atoms with Gasteiger partial charge in [-0.3, -0.25) is 14.5 Å². The van der Waals surface area contributed by atoms with E-state index in [1.165, 1.54) is 28.9 Å². The first-order chi connectivity index (χ1) is 15.2. The second-order valence-corrected chi connectivity index (χ2v) is 9.22. The zero-order valence-corrected chi connectivity index (χ0v) is 18.7. The summed E-state index contributed by atoms with van der Waals surface area (Å²) in [5, 5.41) is 26.9. The molecule has 0 aromatic carbocycles. The van der Waals surface area contributed by atoms with Crippen molar-refractivity contribution in [2.75, 3.05) is 23.8 Å². The summed E-state index contributed by atoms with van der Waals surface area (Å²) >= 11 is 3.67. The van der Waals surface area contributed by atoms with Gasteiger partial charge in [-0.25, -0.2) is 14.6 Å². The first kappa shape index (κ1) is 23.6. The summed E-state index contributed by atoms with van der Waals surface area (Å²) in [6.45, 7) is 2.80. The van der Waals surface area contributed by atoms with Crippen LogP contribution in [0.4, 0.5) is 5.13 Å². The van der Waals surface area contributed by atoms with Gasteiger partial charge in [0.05, 0.1) is 0 Å². The number of carbonyl (C=O) groups excluding carboxylic acids is 2. The van der Waals surface area contributed by atoms with Gasteiger partial charge < -0.3 is 26.1 Å². The monoisotopic (exact) mass is 499 g/mol. The van der Waals surface area contributed by atoms with Gasteiger partial charge in [-0.05, 0) is 11.0 Å². The van der Waals surface area contributed by atoms with Crippen LogP contribution in [0.3, 0.4) is 0 Å². The molecule has 1 saturated heterocycles. The van der Waals surface area contributed by atoms with Crippen molar-refractivity contribution in [3.05, 3.63) is 34.3 Å². The molecule has 12 nitrogen and oxygen atoms in total. The Bertz CT molecular complexity index is 1040. The fourth-order valence-corrected chi connectivity index (χ4v) is 5.50. The van der Waals surface area contributed by atoms with Gasteiger partial charge in [0.1, 0.15) is 22.8 Å². The molecule has 2 aliphatic heterocycles. The molecule has 1 unspecified atom stereocenters. The Balaban J connectivity index is 1.78. The third-order valence-electron chi connectivity index (χ3n) is 4.24. The van der Waals surface area contributed by atoms with Crippen LogP contribution in [0.5, 0.6) is 0 Å². The Hall–Kier alpha value is -3.04. The van der Waals surface area contributed by atoms with E-state index in [2.05, 4.69) is 26.9 Å². The topological polar surface area (TPSA) is 185 Å². The van der Waals surface area contributed by atoms with Crippen LogP contribution in [-0.2, 0) is 24.0 Å². The molecule has 3 rings (SSSR count). The number of carboxylic acid groups (broad SMARTS) is 2. The fourth-order valence-electron chi connectivity index (χ4n) is 2.92. The van der Waals surface area contributed by atoms with E-state index in [0.29, 0.717) is 17.1 Å². The molecule has 2 amide bonds. The van der Waals surface area contributed by atoms with Gasteiger partial charge in [0.2, 0.25) is 6.61 Å². The predicted octanol–water partition coefficient (Wildman–Crippen LogP) is 0.146. The number of aliphatic carboxylic acids is 2. The average molecular weight is 500 g/mol. The Morgan fingerprint density at radius 1 is 1.47 bits per heavy atom. The van der Waals surface area contributed by atoms with Gasteiger partial charge in [0.15, 0.2) is 10.8 Å². The summed E-state index contributed by atoms with van der Waals surface area (Å²) in [7, 11) is 0. The number of hydrogen-bond donors (Lipinski definition) is 4. The summed E-state index contributed by atoms with van der Waals surface area (Å²) in [6.07, 6.45) is 0. The second kappa shape index (κ2) is 10.1. The van der Waals surface area contributed by atoms with Crippen LogP contribution in [0.25, 0.3) is 0 Å². The van der Waals surface area contributed by atoms with Crippen LogP contribution in [0, 0.1) is 0 Å². The minimum atomic E-state index is -1.30. The van der Waals surface area contributed by atoms with Crippen molar-refractivity contribution < 1.29 is 34.2 Å². The number of β-lactam (4-membered cyclic amide) rings is 1. The van der Waals surface area contributed by atoms with Crippen molar-refractivity contribution >= 4 is 69.5 Å². The number of nitrogens with two attached hydrogens (primary N) is 1. The second-order valence-electron chi connectivity index (χ2n) is 6.27. The molecule has 2 atom stereocenters. The lowest BCUT2D eigenvalue weighted by Gasteiger charge is -2.49. The largest absolute Gasteiger partial charge is 0.479 e. The summed E-state index contributed by atoms with van der Waals surface area (Å²) in [5.41, 5.74) is 5.77. The van der Waals surface area contributed by atoms with Gasteiger partial charge in [0, 0.05) is 16.9 Å². The molecule has 3 heterocycles. The first-order valence-corrected chi connectivity index (χ1v) is 11.8. The van der Waals surface area contributed by atoms with Gasteiger partial charge in [0.25, 0.3) is 11.8 Å². The minimum absolute atomic E-state index is 0.0465. The van der Waals surface area contributed by atoms with E-state index >= 15 is 0 Å². The van der Waals surface area contributed by atoms with Crippen molar-refractivity contribution in [2.45, 2.75) is 11.4 Å². The molecule has 2 aliphatic rings. The number of fused-ring (bicyclic) bond motifs is 1. The van der Waals surface area contributed by atoms with Gasteiger partial charge >= 0.3 is 11.9 Å². The average Bonchev–Trinajstić information content (AvgIpc) is 3.17. The quantitative estimate of drug-likeness (QED) is 0.195. The maximum atomic E-state index is 12.8. The summed E-state index contributed by atoms with van der Waals surface area (Å²) in [5.74, 6) is -3.20. The van der Waals surface area contributed by atoms with Gasteiger partial charge in [-0.15, -0.1) is 34.9 Å². The van der Waals surface area contributed by atoms with E-state index in [0.717, 1.165) is 16.2 Å². The molecular weight excluding hydrogens is 482 g/mol. The van der Waals surface area contributed by atoms with Crippen molar-refractivity contribution in [1.82, 2.24) is 15.2 Å². The van der Waals surface area contributed by atoms with E-state index in [-0.39, 0.29) is 22.2 Å². The number of carboxylic acids is 2. The van der Waals surface area contributed by atoms with Crippen LogP contribution in [0.2, 0.25) is 0 Å². The zero-order chi connectivity index (χ0) is 23.4. The standard InChI is InChI=1S/C17H17N5O7S3/c1-2-30-4-7-5-31-15-11(14(26)22(15)12(7)16(27)28)20-13(25)10(21-29-3-9(23)24)8-6-32-17(18)19-8/h2,6,11,15H,1,3-5H2,(H2,18,19)(H,20,25)(H,23,24)(H,27,28)/t11?,15-/m0/s1. The Labute approximate surface area is 193 Å². The highest BCUT2D eigenvalue weighted by Crippen LogP contribution is 2.41. The SMILES string of the molecule is C=CSCC1=C(C(=O)O)N2C(=O)C(NC(=O)C(=NOCC(=O)O)c3csc(N)n3)[C@@H]2SC1. The number of nitrogens with one attached hydrogen (secondary N) is 1. The number of hydrogen-bond acceptors (Lipinski definition) is 11. The van der Waals surface area contributed by atoms with Gasteiger partial charge in [-0.1, -0.05) is 11.7 Å². The lowest BCUT2D eigenvalue weighted by molar-refractivity contribution is -0.150. The van der Waals surface area contributed by atoms with Crippen molar-refractivity contribution in [3.63, 3.8) is 0 Å². The lowest BCUT2D eigenvalue weighted by atomic mass is 10.0. The number of nitrogen functional groups attached to an aromatic ring is 1. The molecule has 0 spiro atoms. The van der Waals surface area contributed by atoms with Crippen LogP contribution >= 0.6 is 34.9 Å². The van der Waals surface area contributed by atoms with E-state index in [1.54, 1.807) is 5.41 Å². The summed E-state index contributed by atoms with van der Waals surface area (Å²) in [6, 6.07) is -1.00. The number of oxime groups is 1. The highest BCUT2D eigenvalue weighted by atomic mass is 32.2. The number of aromatic nitrogens is 1. The van der Waals surface area contributed by atoms with Crippen molar-refractivity contribution in [2.24, 2.45) is 5.16 Å². The Morgan fingerprint density at radius 3 is 2.81 bits per heavy atom. The highest BCUT2D eigenvalue weighted by molar-refractivity contribution is 8.02.